The van der Waals surface area contributed by atoms with Crippen LogP contribution in [0.25, 0.3) is 0 Å². The van der Waals surface area contributed by atoms with E-state index in [1.54, 1.807) is 7.05 Å². The number of amides is 1. The highest BCUT2D eigenvalue weighted by Crippen LogP contribution is 2.10. The fraction of sp³-hybridized carbons (Fsp3) is 0.600. The number of nitrogens with zero attached hydrogens (tertiary/aromatic N) is 2. The summed E-state index contributed by atoms with van der Waals surface area (Å²) in [7, 11) is 3.50. The lowest BCUT2D eigenvalue weighted by Gasteiger charge is -2.32. The molecule has 0 saturated carbocycles. The summed E-state index contributed by atoms with van der Waals surface area (Å²) in [6, 6.07) is 9.23. The molecule has 1 fully saturated rings. The van der Waals surface area contributed by atoms with Crippen LogP contribution < -0.4 is 16.0 Å². The first-order valence-electron chi connectivity index (χ1n) is 9.62. The Morgan fingerprint density at radius 3 is 2.37 bits per heavy atom. The van der Waals surface area contributed by atoms with E-state index in [1.165, 1.54) is 11.1 Å². The second-order valence-corrected chi connectivity index (χ2v) is 6.79. The number of hydrogen-bond donors (Lipinski definition) is 3. The van der Waals surface area contributed by atoms with Gasteiger partial charge in [0, 0.05) is 39.8 Å². The van der Waals surface area contributed by atoms with Gasteiger partial charge in [0.1, 0.15) is 0 Å². The zero-order chi connectivity index (χ0) is 18.8. The van der Waals surface area contributed by atoms with Crippen LogP contribution in [0.15, 0.2) is 29.3 Å². The number of likely N-dealkylation sites (tertiary alicyclic amines) is 1. The van der Waals surface area contributed by atoms with E-state index >= 15 is 0 Å². The van der Waals surface area contributed by atoms with Gasteiger partial charge < -0.3 is 16.0 Å². The van der Waals surface area contributed by atoms with Gasteiger partial charge in [-0.25, -0.2) is 0 Å². The Hall–Kier alpha value is -1.35. The molecule has 152 valence electrons. The fourth-order valence-corrected chi connectivity index (χ4v) is 3.17. The molecular formula is C20H34IN5O. The molecule has 2 rings (SSSR count). The Labute approximate surface area is 180 Å². The molecule has 27 heavy (non-hydrogen) atoms. The topological polar surface area (TPSA) is 68.8 Å². The molecule has 1 aliphatic heterocycles. The van der Waals surface area contributed by atoms with Crippen LogP contribution in [0, 0.1) is 0 Å². The van der Waals surface area contributed by atoms with Gasteiger partial charge in [-0.1, -0.05) is 31.2 Å². The molecule has 0 spiro atoms. The van der Waals surface area contributed by atoms with Crippen molar-refractivity contribution in [2.45, 2.75) is 38.6 Å². The number of aryl methyl sites for hydroxylation is 1. The summed E-state index contributed by atoms with van der Waals surface area (Å²) in [5, 5.41) is 9.60. The maximum atomic E-state index is 11.5. The molecule has 0 bridgehead atoms. The average Bonchev–Trinajstić information content (AvgIpc) is 2.69. The minimum atomic E-state index is 0. The Morgan fingerprint density at radius 1 is 1.19 bits per heavy atom. The number of rotatable bonds is 7. The largest absolute Gasteiger partial charge is 0.358 e. The van der Waals surface area contributed by atoms with Gasteiger partial charge in [-0.05, 0) is 36.8 Å². The SMILES string of the molecule is CCc1ccc(CCNC(=NC)NC2CCN(CC(=O)NC)CC2)cc1.I. The predicted octanol–water partition coefficient (Wildman–Crippen LogP) is 1.78. The molecule has 0 radical (unpaired) electrons. The lowest BCUT2D eigenvalue weighted by Crippen LogP contribution is -2.50. The number of aliphatic imine (C=N–C) groups is 1. The number of benzene rings is 1. The summed E-state index contributed by atoms with van der Waals surface area (Å²) in [4.78, 5) is 18.0. The predicted molar refractivity (Wildman–Crippen MR) is 123 cm³/mol. The van der Waals surface area contributed by atoms with Crippen LogP contribution in [0.3, 0.4) is 0 Å². The highest BCUT2D eigenvalue weighted by molar-refractivity contribution is 14.0. The molecule has 0 aliphatic carbocycles. The lowest BCUT2D eigenvalue weighted by molar-refractivity contribution is -0.122. The number of halogens is 1. The number of piperidine rings is 1. The third-order valence-electron chi connectivity index (χ3n) is 4.94. The number of hydrogen-bond acceptors (Lipinski definition) is 3. The zero-order valence-corrected chi connectivity index (χ0v) is 19.1. The molecule has 1 amide bonds. The van der Waals surface area contributed by atoms with Crippen molar-refractivity contribution in [3.63, 3.8) is 0 Å². The van der Waals surface area contributed by atoms with E-state index in [0.29, 0.717) is 12.6 Å². The van der Waals surface area contributed by atoms with Crippen LogP contribution >= 0.6 is 24.0 Å². The first-order valence-corrected chi connectivity index (χ1v) is 9.62. The van der Waals surface area contributed by atoms with Crippen molar-refractivity contribution < 1.29 is 4.79 Å². The summed E-state index contributed by atoms with van der Waals surface area (Å²) in [5.74, 6) is 0.945. The van der Waals surface area contributed by atoms with E-state index in [9.17, 15) is 4.79 Å². The van der Waals surface area contributed by atoms with Gasteiger partial charge in [0.2, 0.25) is 5.91 Å². The number of likely N-dealkylation sites (N-methyl/N-ethyl adjacent to an activating group) is 1. The molecular weight excluding hydrogens is 453 g/mol. The smallest absolute Gasteiger partial charge is 0.233 e. The molecule has 6 nitrogen and oxygen atoms in total. The molecule has 1 aromatic rings. The summed E-state index contributed by atoms with van der Waals surface area (Å²) >= 11 is 0. The standard InChI is InChI=1S/C20H33N5O.HI/c1-4-16-5-7-17(8-6-16)9-12-23-20(22-3)24-18-10-13-25(14-11-18)15-19(26)21-2;/h5-8,18H,4,9-15H2,1-3H3,(H,21,26)(H2,22,23,24);1H. The zero-order valence-electron chi connectivity index (χ0n) is 16.8. The normalized spacial score (nSPS) is 15.7. The van der Waals surface area contributed by atoms with Gasteiger partial charge in [-0.2, -0.15) is 0 Å². The maximum Gasteiger partial charge on any atom is 0.233 e. The average molecular weight is 487 g/mol. The van der Waals surface area contributed by atoms with E-state index in [2.05, 4.69) is 57.0 Å². The molecule has 0 atom stereocenters. The van der Waals surface area contributed by atoms with Gasteiger partial charge in [0.05, 0.1) is 6.54 Å². The number of carbonyl (C=O) groups is 1. The fourth-order valence-electron chi connectivity index (χ4n) is 3.17. The molecule has 1 aromatic carbocycles. The summed E-state index contributed by atoms with van der Waals surface area (Å²) < 4.78 is 0. The molecule has 0 aromatic heterocycles. The van der Waals surface area contributed by atoms with Crippen molar-refractivity contribution >= 4 is 35.8 Å². The maximum absolute atomic E-state index is 11.5. The summed E-state index contributed by atoms with van der Waals surface area (Å²) in [6.45, 7) is 5.40. The van der Waals surface area contributed by atoms with Crippen molar-refractivity contribution in [1.82, 2.24) is 20.9 Å². The van der Waals surface area contributed by atoms with Gasteiger partial charge in [-0.15, -0.1) is 24.0 Å². The van der Waals surface area contributed by atoms with E-state index in [4.69, 9.17) is 0 Å². The van der Waals surface area contributed by atoms with Gasteiger partial charge in [0.15, 0.2) is 5.96 Å². The Morgan fingerprint density at radius 2 is 1.81 bits per heavy atom. The minimum absolute atomic E-state index is 0. The van der Waals surface area contributed by atoms with Crippen molar-refractivity contribution in [3.05, 3.63) is 35.4 Å². The highest BCUT2D eigenvalue weighted by atomic mass is 127. The van der Waals surface area contributed by atoms with Crippen molar-refractivity contribution in [2.75, 3.05) is 40.3 Å². The summed E-state index contributed by atoms with van der Waals surface area (Å²) in [6.07, 6.45) is 4.11. The van der Waals surface area contributed by atoms with E-state index in [-0.39, 0.29) is 29.9 Å². The van der Waals surface area contributed by atoms with Gasteiger partial charge >= 0.3 is 0 Å². The first kappa shape index (κ1) is 23.7. The highest BCUT2D eigenvalue weighted by Gasteiger charge is 2.21. The van der Waals surface area contributed by atoms with Crippen LogP contribution in [0.4, 0.5) is 0 Å². The van der Waals surface area contributed by atoms with E-state index in [0.717, 1.165) is 51.3 Å². The van der Waals surface area contributed by atoms with Crippen molar-refractivity contribution in [2.24, 2.45) is 4.99 Å². The van der Waals surface area contributed by atoms with Crippen molar-refractivity contribution in [3.8, 4) is 0 Å². The molecule has 1 aliphatic rings. The summed E-state index contributed by atoms with van der Waals surface area (Å²) in [5.41, 5.74) is 2.72. The lowest BCUT2D eigenvalue weighted by atomic mass is 10.1. The quantitative estimate of drug-likeness (QED) is 0.312. The van der Waals surface area contributed by atoms with Crippen LogP contribution in [-0.2, 0) is 17.6 Å². The number of guanidine groups is 1. The van der Waals surface area contributed by atoms with Gasteiger partial charge in [0.25, 0.3) is 0 Å². The van der Waals surface area contributed by atoms with Crippen LogP contribution in [0.5, 0.6) is 0 Å². The molecule has 1 heterocycles. The Kier molecular flexibility index (Phi) is 11.3. The van der Waals surface area contributed by atoms with Crippen LogP contribution in [0.1, 0.15) is 30.9 Å². The Bertz CT molecular complexity index is 583. The second kappa shape index (κ2) is 12.9. The third-order valence-corrected chi connectivity index (χ3v) is 4.94. The van der Waals surface area contributed by atoms with Crippen LogP contribution in [0.2, 0.25) is 0 Å². The molecule has 7 heteroatoms. The number of nitrogens with one attached hydrogen (secondary N) is 3. The molecule has 1 saturated heterocycles. The van der Waals surface area contributed by atoms with E-state index in [1.807, 2.05) is 7.05 Å². The molecule has 3 N–H and O–H groups in total. The van der Waals surface area contributed by atoms with E-state index < -0.39 is 0 Å². The number of carbonyl (C=O) groups excluding carboxylic acids is 1. The molecule has 0 unspecified atom stereocenters. The van der Waals surface area contributed by atoms with Crippen molar-refractivity contribution in [1.29, 1.82) is 0 Å². The van der Waals surface area contributed by atoms with Gasteiger partial charge in [-0.3, -0.25) is 14.7 Å². The minimum Gasteiger partial charge on any atom is -0.358 e. The monoisotopic (exact) mass is 487 g/mol. The Balaban J connectivity index is 0.00000364. The first-order chi connectivity index (χ1) is 12.6. The third kappa shape index (κ3) is 8.47. The van der Waals surface area contributed by atoms with Crippen LogP contribution in [-0.4, -0.2) is 63.1 Å². The second-order valence-electron chi connectivity index (χ2n) is 6.79.